The molecular formula is C21H37N3O5. The maximum absolute atomic E-state index is 13.0. The minimum atomic E-state index is -0.934. The van der Waals surface area contributed by atoms with Gasteiger partial charge in [0.2, 0.25) is 24.1 Å². The predicted octanol–water partition coefficient (Wildman–Crippen LogP) is 2.25. The van der Waals surface area contributed by atoms with Gasteiger partial charge in [-0.3, -0.25) is 29.7 Å². The Morgan fingerprint density at radius 3 is 2.07 bits per heavy atom. The van der Waals surface area contributed by atoms with Gasteiger partial charge in [0.05, 0.1) is 12.5 Å². The van der Waals surface area contributed by atoms with Crippen LogP contribution in [0.1, 0.15) is 73.6 Å². The zero-order valence-corrected chi connectivity index (χ0v) is 18.6. The first kappa shape index (κ1) is 25.1. The molecule has 0 bridgehead atoms. The number of carbonyl (C=O) groups is 4. The zero-order valence-electron chi connectivity index (χ0n) is 18.6. The van der Waals surface area contributed by atoms with E-state index in [-0.39, 0.29) is 13.0 Å². The van der Waals surface area contributed by atoms with E-state index in [4.69, 9.17) is 0 Å². The van der Waals surface area contributed by atoms with Crippen molar-refractivity contribution in [2.24, 2.45) is 22.7 Å². The van der Waals surface area contributed by atoms with Crippen molar-refractivity contribution in [2.45, 2.75) is 79.7 Å². The van der Waals surface area contributed by atoms with Gasteiger partial charge in [0.15, 0.2) is 0 Å². The summed E-state index contributed by atoms with van der Waals surface area (Å²) in [6.07, 6.45) is 5.05. The number of hydroxylamine groups is 2. The van der Waals surface area contributed by atoms with E-state index in [9.17, 15) is 24.4 Å². The van der Waals surface area contributed by atoms with Crippen LogP contribution in [0.5, 0.6) is 0 Å². The number of rotatable bonds is 8. The first-order valence-electron chi connectivity index (χ1n) is 10.3. The molecule has 1 rings (SSSR count). The first-order valence-corrected chi connectivity index (χ1v) is 10.3. The largest absolute Gasteiger partial charge is 0.343 e. The average Bonchev–Trinajstić information content (AvgIpc) is 3.09. The summed E-state index contributed by atoms with van der Waals surface area (Å²) in [5.74, 6) is -1.67. The zero-order chi connectivity index (χ0) is 22.4. The molecule has 0 heterocycles. The Bertz CT molecular complexity index is 600. The highest BCUT2D eigenvalue weighted by Gasteiger charge is 2.37. The molecule has 0 unspecified atom stereocenters. The highest BCUT2D eigenvalue weighted by molar-refractivity contribution is 6.01. The molecule has 29 heavy (non-hydrogen) atoms. The number of nitrogens with one attached hydrogen (secondary N) is 2. The Kier molecular flexibility index (Phi) is 8.81. The van der Waals surface area contributed by atoms with Gasteiger partial charge in [-0.1, -0.05) is 67.2 Å². The monoisotopic (exact) mass is 411 g/mol. The highest BCUT2D eigenvalue weighted by Crippen LogP contribution is 2.31. The van der Waals surface area contributed by atoms with E-state index in [1.54, 1.807) is 41.5 Å². The summed E-state index contributed by atoms with van der Waals surface area (Å²) >= 11 is 0. The summed E-state index contributed by atoms with van der Waals surface area (Å²) in [5, 5.41) is 15.2. The van der Waals surface area contributed by atoms with Gasteiger partial charge in [-0.2, -0.15) is 0 Å². The van der Waals surface area contributed by atoms with Crippen LogP contribution in [0.25, 0.3) is 0 Å². The number of nitrogens with zero attached hydrogens (tertiary/aromatic N) is 1. The van der Waals surface area contributed by atoms with Gasteiger partial charge < -0.3 is 5.32 Å². The lowest BCUT2D eigenvalue weighted by molar-refractivity contribution is -0.155. The third-order valence-corrected chi connectivity index (χ3v) is 5.33. The summed E-state index contributed by atoms with van der Waals surface area (Å²) in [4.78, 5) is 48.8. The van der Waals surface area contributed by atoms with Crippen molar-refractivity contribution >= 4 is 24.1 Å². The van der Waals surface area contributed by atoms with Crippen molar-refractivity contribution < 1.29 is 24.4 Å². The molecule has 8 heteroatoms. The maximum Gasteiger partial charge on any atom is 0.249 e. The maximum atomic E-state index is 13.0. The molecule has 0 aromatic heterocycles. The lowest BCUT2D eigenvalue weighted by Gasteiger charge is -2.33. The summed E-state index contributed by atoms with van der Waals surface area (Å²) in [5.41, 5.74) is -1.38. The van der Waals surface area contributed by atoms with Crippen molar-refractivity contribution in [2.75, 3.05) is 6.54 Å². The van der Waals surface area contributed by atoms with E-state index in [0.717, 1.165) is 25.7 Å². The number of hydrogen-bond acceptors (Lipinski definition) is 5. The molecule has 1 aliphatic rings. The molecule has 0 saturated heterocycles. The minimum absolute atomic E-state index is 0.134. The van der Waals surface area contributed by atoms with E-state index < -0.39 is 40.5 Å². The van der Waals surface area contributed by atoms with Gasteiger partial charge in [0, 0.05) is 5.41 Å². The Labute approximate surface area is 173 Å². The van der Waals surface area contributed by atoms with Crippen LogP contribution in [0.2, 0.25) is 0 Å². The number of imide groups is 1. The molecule has 0 aromatic rings. The molecule has 0 aromatic carbocycles. The smallest absolute Gasteiger partial charge is 0.249 e. The molecule has 166 valence electrons. The lowest BCUT2D eigenvalue weighted by atomic mass is 9.84. The fourth-order valence-corrected chi connectivity index (χ4v) is 3.49. The highest BCUT2D eigenvalue weighted by atomic mass is 16.5. The third kappa shape index (κ3) is 8.12. The fourth-order valence-electron chi connectivity index (χ4n) is 3.49. The van der Waals surface area contributed by atoms with Crippen LogP contribution in [0.3, 0.4) is 0 Å². The van der Waals surface area contributed by atoms with E-state index >= 15 is 0 Å². The number of carbonyl (C=O) groups excluding carboxylic acids is 4. The summed E-state index contributed by atoms with van der Waals surface area (Å²) < 4.78 is 0. The van der Waals surface area contributed by atoms with Crippen LogP contribution in [-0.2, 0) is 19.2 Å². The van der Waals surface area contributed by atoms with Crippen LogP contribution in [0.4, 0.5) is 0 Å². The van der Waals surface area contributed by atoms with Crippen LogP contribution in [0.15, 0.2) is 0 Å². The van der Waals surface area contributed by atoms with Crippen molar-refractivity contribution in [3.63, 3.8) is 0 Å². The van der Waals surface area contributed by atoms with E-state index in [1.807, 2.05) is 0 Å². The minimum Gasteiger partial charge on any atom is -0.343 e. The molecule has 1 saturated carbocycles. The quantitative estimate of drug-likeness (QED) is 0.322. The molecule has 0 radical (unpaired) electrons. The molecule has 0 aliphatic heterocycles. The standard InChI is InChI=1S/C21H37N3O5/c1-20(2,3)16(18(27)23-19(28)21(4,5)6)22-17(26)15(12-24(29)13-25)11-14-9-7-8-10-14/h13-16,29H,7-12H2,1-6H3,(H,22,26)(H,23,27,28)/t15-,16-/m1/s1. The molecule has 8 nitrogen and oxygen atoms in total. The molecule has 1 fully saturated rings. The van der Waals surface area contributed by atoms with E-state index in [2.05, 4.69) is 10.6 Å². The van der Waals surface area contributed by atoms with Gasteiger partial charge in [-0.05, 0) is 17.8 Å². The molecule has 1 aliphatic carbocycles. The lowest BCUT2D eigenvalue weighted by Crippen LogP contribution is -2.57. The summed E-state index contributed by atoms with van der Waals surface area (Å²) in [7, 11) is 0. The van der Waals surface area contributed by atoms with Crippen molar-refractivity contribution in [1.82, 2.24) is 15.7 Å². The van der Waals surface area contributed by atoms with E-state index in [1.165, 1.54) is 0 Å². The molecule has 0 spiro atoms. The van der Waals surface area contributed by atoms with Crippen molar-refractivity contribution in [1.29, 1.82) is 0 Å². The number of amides is 4. The first-order chi connectivity index (χ1) is 13.3. The second-order valence-corrected chi connectivity index (χ2v) is 10.2. The van der Waals surface area contributed by atoms with E-state index in [0.29, 0.717) is 17.4 Å². The SMILES string of the molecule is CC(C)(C)C(=O)NC(=O)[C@@H](NC(=O)[C@H](CC1CCCC1)CN(O)C=O)C(C)(C)C. The van der Waals surface area contributed by atoms with Crippen LogP contribution in [-0.4, -0.2) is 47.0 Å². The van der Waals surface area contributed by atoms with Gasteiger partial charge in [0.25, 0.3) is 0 Å². The van der Waals surface area contributed by atoms with Crippen LogP contribution in [0, 0.1) is 22.7 Å². The molecular weight excluding hydrogens is 374 g/mol. The molecule has 2 atom stereocenters. The Hall–Kier alpha value is -1.96. The molecule has 4 amide bonds. The van der Waals surface area contributed by atoms with Crippen molar-refractivity contribution in [3.05, 3.63) is 0 Å². The topological polar surface area (TPSA) is 116 Å². The Balaban J connectivity index is 2.94. The van der Waals surface area contributed by atoms with Crippen LogP contribution < -0.4 is 10.6 Å². The summed E-state index contributed by atoms with van der Waals surface area (Å²) in [6.45, 7) is 10.4. The fraction of sp³-hybridized carbons (Fsp3) is 0.810. The average molecular weight is 412 g/mol. The van der Waals surface area contributed by atoms with Gasteiger partial charge in [-0.25, -0.2) is 5.06 Å². The third-order valence-electron chi connectivity index (χ3n) is 5.33. The predicted molar refractivity (Wildman–Crippen MR) is 109 cm³/mol. The van der Waals surface area contributed by atoms with Crippen molar-refractivity contribution in [3.8, 4) is 0 Å². The van der Waals surface area contributed by atoms with Gasteiger partial charge in [-0.15, -0.1) is 0 Å². The number of hydrogen-bond donors (Lipinski definition) is 3. The Morgan fingerprint density at radius 2 is 1.62 bits per heavy atom. The normalized spacial score (nSPS) is 17.3. The second kappa shape index (κ2) is 10.2. The molecule has 3 N–H and O–H groups in total. The Morgan fingerprint density at radius 1 is 1.07 bits per heavy atom. The second-order valence-electron chi connectivity index (χ2n) is 10.2. The summed E-state index contributed by atoms with van der Waals surface area (Å²) in [6, 6.07) is -0.934. The van der Waals surface area contributed by atoms with Crippen LogP contribution >= 0.6 is 0 Å². The van der Waals surface area contributed by atoms with Gasteiger partial charge in [0.1, 0.15) is 6.04 Å². The van der Waals surface area contributed by atoms with Gasteiger partial charge >= 0.3 is 0 Å².